The second kappa shape index (κ2) is 4.49. The van der Waals surface area contributed by atoms with Crippen molar-refractivity contribution in [3.05, 3.63) is 0 Å². The van der Waals surface area contributed by atoms with Crippen LogP contribution in [0.2, 0.25) is 0 Å². The third-order valence-corrected chi connectivity index (χ3v) is 3.20. The summed E-state index contributed by atoms with van der Waals surface area (Å²) in [4.78, 5) is 14.0. The van der Waals surface area contributed by atoms with Gasteiger partial charge in [-0.05, 0) is 33.6 Å². The second-order valence-corrected chi connectivity index (χ2v) is 4.85. The lowest BCUT2D eigenvalue weighted by molar-refractivity contribution is -0.154. The molecule has 2 N–H and O–H groups in total. The maximum absolute atomic E-state index is 12.1. The summed E-state index contributed by atoms with van der Waals surface area (Å²) in [6.45, 7) is 6.39. The van der Waals surface area contributed by atoms with Crippen LogP contribution in [0.15, 0.2) is 0 Å². The Morgan fingerprint density at radius 1 is 1.53 bits per heavy atom. The number of hydrogen-bond acceptors (Lipinski definition) is 3. The van der Waals surface area contributed by atoms with Gasteiger partial charge >= 0.3 is 0 Å². The number of nitrogens with zero attached hydrogens (tertiary/aromatic N) is 1. The first-order chi connectivity index (χ1) is 6.88. The topological polar surface area (TPSA) is 55.6 Å². The first kappa shape index (κ1) is 12.5. The van der Waals surface area contributed by atoms with E-state index >= 15 is 0 Å². The number of nitrogens with two attached hydrogens (primary N) is 1. The van der Waals surface area contributed by atoms with Gasteiger partial charge < -0.3 is 15.4 Å². The first-order valence-corrected chi connectivity index (χ1v) is 5.50. The molecule has 1 saturated heterocycles. The van der Waals surface area contributed by atoms with Crippen LogP contribution >= 0.6 is 0 Å². The molecule has 0 aromatic heterocycles. The number of ether oxygens (including phenoxy) is 1. The maximum atomic E-state index is 12.1. The van der Waals surface area contributed by atoms with Crippen molar-refractivity contribution >= 4 is 5.91 Å². The van der Waals surface area contributed by atoms with E-state index in [1.807, 2.05) is 11.8 Å². The number of likely N-dealkylation sites (tertiary alicyclic amines) is 1. The third kappa shape index (κ3) is 2.69. The number of piperidine rings is 1. The number of methoxy groups -OCH3 is 1. The minimum absolute atomic E-state index is 0.0596. The fraction of sp³-hybridized carbons (Fsp3) is 0.909. The van der Waals surface area contributed by atoms with Gasteiger partial charge in [0.2, 0.25) is 0 Å². The molecule has 4 nitrogen and oxygen atoms in total. The average Bonchev–Trinajstić information content (AvgIpc) is 2.17. The van der Waals surface area contributed by atoms with Crippen LogP contribution in [0.4, 0.5) is 0 Å². The predicted octanol–water partition coefficient (Wildman–Crippen LogP) is 0.750. The summed E-state index contributed by atoms with van der Waals surface area (Å²) < 4.78 is 5.21. The SMILES string of the molecule is COC(C)(C)C(=O)N1CCC(N)CC1C. The van der Waals surface area contributed by atoms with Crippen molar-refractivity contribution in [2.45, 2.75) is 51.3 Å². The Kier molecular flexibility index (Phi) is 3.73. The molecule has 0 saturated carbocycles. The van der Waals surface area contributed by atoms with Gasteiger partial charge in [0.05, 0.1) is 0 Å². The third-order valence-electron chi connectivity index (χ3n) is 3.20. The molecule has 0 aliphatic carbocycles. The zero-order valence-electron chi connectivity index (χ0n) is 10.1. The van der Waals surface area contributed by atoms with Crippen molar-refractivity contribution in [2.75, 3.05) is 13.7 Å². The van der Waals surface area contributed by atoms with Crippen molar-refractivity contribution in [1.82, 2.24) is 4.90 Å². The fourth-order valence-corrected chi connectivity index (χ4v) is 1.94. The molecule has 1 heterocycles. The van der Waals surface area contributed by atoms with Gasteiger partial charge in [-0.2, -0.15) is 0 Å². The van der Waals surface area contributed by atoms with Crippen molar-refractivity contribution in [3.8, 4) is 0 Å². The fourth-order valence-electron chi connectivity index (χ4n) is 1.94. The number of hydrogen-bond donors (Lipinski definition) is 1. The average molecular weight is 214 g/mol. The van der Waals surface area contributed by atoms with Crippen LogP contribution < -0.4 is 5.73 Å². The lowest BCUT2D eigenvalue weighted by Gasteiger charge is -2.40. The van der Waals surface area contributed by atoms with Gasteiger partial charge in [-0.15, -0.1) is 0 Å². The molecular weight excluding hydrogens is 192 g/mol. The largest absolute Gasteiger partial charge is 0.369 e. The monoisotopic (exact) mass is 214 g/mol. The van der Waals surface area contributed by atoms with E-state index in [1.165, 1.54) is 0 Å². The summed E-state index contributed by atoms with van der Waals surface area (Å²) in [7, 11) is 1.57. The van der Waals surface area contributed by atoms with Crippen LogP contribution in [0.25, 0.3) is 0 Å². The molecule has 1 amide bonds. The van der Waals surface area contributed by atoms with E-state index in [0.717, 1.165) is 19.4 Å². The Morgan fingerprint density at radius 2 is 2.13 bits per heavy atom. The van der Waals surface area contributed by atoms with E-state index < -0.39 is 5.60 Å². The number of amides is 1. The summed E-state index contributed by atoms with van der Waals surface area (Å²) >= 11 is 0. The van der Waals surface area contributed by atoms with Gasteiger partial charge in [0, 0.05) is 25.7 Å². The molecule has 1 aliphatic heterocycles. The van der Waals surface area contributed by atoms with E-state index in [4.69, 9.17) is 10.5 Å². The summed E-state index contributed by atoms with van der Waals surface area (Å²) in [6, 6.07) is 0.449. The van der Waals surface area contributed by atoms with Crippen LogP contribution in [0.5, 0.6) is 0 Å². The molecule has 1 rings (SSSR count). The Bertz CT molecular complexity index is 241. The highest BCUT2D eigenvalue weighted by molar-refractivity contribution is 5.84. The zero-order chi connectivity index (χ0) is 11.6. The van der Waals surface area contributed by atoms with Gasteiger partial charge in [-0.3, -0.25) is 4.79 Å². The molecule has 2 atom stereocenters. The van der Waals surface area contributed by atoms with Gasteiger partial charge in [0.15, 0.2) is 0 Å². The summed E-state index contributed by atoms with van der Waals surface area (Å²) in [5, 5.41) is 0. The maximum Gasteiger partial charge on any atom is 0.254 e. The minimum atomic E-state index is -0.726. The quantitative estimate of drug-likeness (QED) is 0.738. The van der Waals surface area contributed by atoms with E-state index in [0.29, 0.717) is 0 Å². The molecule has 2 unspecified atom stereocenters. The van der Waals surface area contributed by atoms with Crippen LogP contribution in [0.3, 0.4) is 0 Å². The minimum Gasteiger partial charge on any atom is -0.369 e. The lowest BCUT2D eigenvalue weighted by Crippen LogP contribution is -2.54. The van der Waals surface area contributed by atoms with Crippen molar-refractivity contribution in [1.29, 1.82) is 0 Å². The Hall–Kier alpha value is -0.610. The molecule has 0 aromatic carbocycles. The van der Waals surface area contributed by atoms with E-state index in [2.05, 4.69) is 0 Å². The molecule has 0 bridgehead atoms. The Labute approximate surface area is 91.8 Å². The normalized spacial score (nSPS) is 27.9. The zero-order valence-corrected chi connectivity index (χ0v) is 10.1. The van der Waals surface area contributed by atoms with Crippen molar-refractivity contribution < 1.29 is 9.53 Å². The molecule has 0 radical (unpaired) electrons. The Balaban J connectivity index is 2.68. The predicted molar refractivity (Wildman–Crippen MR) is 59.5 cm³/mol. The summed E-state index contributed by atoms with van der Waals surface area (Å²) in [5.74, 6) is 0.0596. The highest BCUT2D eigenvalue weighted by atomic mass is 16.5. The van der Waals surface area contributed by atoms with Crippen molar-refractivity contribution in [3.63, 3.8) is 0 Å². The highest BCUT2D eigenvalue weighted by Gasteiger charge is 2.36. The van der Waals surface area contributed by atoms with E-state index in [1.54, 1.807) is 21.0 Å². The number of carbonyl (C=O) groups is 1. The molecule has 0 spiro atoms. The molecule has 1 aliphatic rings. The molecule has 4 heteroatoms. The first-order valence-electron chi connectivity index (χ1n) is 5.50. The van der Waals surface area contributed by atoms with Gasteiger partial charge in [-0.25, -0.2) is 0 Å². The molecule has 1 fully saturated rings. The molecule has 15 heavy (non-hydrogen) atoms. The van der Waals surface area contributed by atoms with Gasteiger partial charge in [0.25, 0.3) is 5.91 Å². The van der Waals surface area contributed by atoms with Gasteiger partial charge in [-0.1, -0.05) is 0 Å². The number of carbonyl (C=O) groups excluding carboxylic acids is 1. The van der Waals surface area contributed by atoms with Crippen LogP contribution in [-0.2, 0) is 9.53 Å². The molecular formula is C11H22N2O2. The van der Waals surface area contributed by atoms with Crippen LogP contribution in [-0.4, -0.2) is 42.1 Å². The number of rotatable bonds is 2. The van der Waals surface area contributed by atoms with E-state index in [-0.39, 0.29) is 18.0 Å². The lowest BCUT2D eigenvalue weighted by atomic mass is 9.96. The van der Waals surface area contributed by atoms with Crippen LogP contribution in [0.1, 0.15) is 33.6 Å². The van der Waals surface area contributed by atoms with E-state index in [9.17, 15) is 4.79 Å². The van der Waals surface area contributed by atoms with Crippen molar-refractivity contribution in [2.24, 2.45) is 5.73 Å². The molecule has 88 valence electrons. The highest BCUT2D eigenvalue weighted by Crippen LogP contribution is 2.21. The van der Waals surface area contributed by atoms with Gasteiger partial charge in [0.1, 0.15) is 5.60 Å². The van der Waals surface area contributed by atoms with Crippen LogP contribution in [0, 0.1) is 0 Å². The smallest absolute Gasteiger partial charge is 0.254 e. The molecule has 0 aromatic rings. The summed E-state index contributed by atoms with van der Waals surface area (Å²) in [6.07, 6.45) is 1.77. The standard InChI is InChI=1S/C11H22N2O2/c1-8-7-9(12)5-6-13(8)10(14)11(2,3)15-4/h8-9H,5-7,12H2,1-4H3. The summed E-state index contributed by atoms with van der Waals surface area (Å²) in [5.41, 5.74) is 5.13. The second-order valence-electron chi connectivity index (χ2n) is 4.85. The Morgan fingerprint density at radius 3 is 2.60 bits per heavy atom.